The second-order valence-electron chi connectivity index (χ2n) is 5.82. The SMILES string of the molecule is Brc1cc(Br)c(NC2CCOC3(CCCC3)C2)c(Br)c1. The number of halogens is 3. The number of ether oxygens (including phenoxy) is 1. The summed E-state index contributed by atoms with van der Waals surface area (Å²) in [6, 6.07) is 4.66. The maximum atomic E-state index is 6.10. The van der Waals surface area contributed by atoms with Crippen molar-refractivity contribution in [2.75, 3.05) is 11.9 Å². The molecule has 1 N–H and O–H groups in total. The molecule has 3 rings (SSSR count). The first-order valence-corrected chi connectivity index (χ1v) is 9.51. The second kappa shape index (κ2) is 6.27. The molecule has 0 bridgehead atoms. The number of rotatable bonds is 2. The van der Waals surface area contributed by atoms with Crippen molar-refractivity contribution in [3.8, 4) is 0 Å². The Bertz CT molecular complexity index is 477. The van der Waals surface area contributed by atoms with Gasteiger partial charge in [-0.3, -0.25) is 0 Å². The van der Waals surface area contributed by atoms with Crippen LogP contribution in [0.1, 0.15) is 38.5 Å². The van der Waals surface area contributed by atoms with Crippen molar-refractivity contribution in [1.29, 1.82) is 0 Å². The first-order valence-electron chi connectivity index (χ1n) is 7.13. The average molecular weight is 468 g/mol. The Hall–Kier alpha value is 0.420. The molecule has 0 amide bonds. The summed E-state index contributed by atoms with van der Waals surface area (Å²) in [6.45, 7) is 0.878. The van der Waals surface area contributed by atoms with Crippen molar-refractivity contribution in [3.05, 3.63) is 25.6 Å². The van der Waals surface area contributed by atoms with E-state index < -0.39 is 0 Å². The molecule has 2 aliphatic rings. The molecule has 1 saturated heterocycles. The van der Waals surface area contributed by atoms with Gasteiger partial charge in [0.25, 0.3) is 0 Å². The lowest BCUT2D eigenvalue weighted by atomic mass is 9.89. The van der Waals surface area contributed by atoms with Crippen molar-refractivity contribution >= 4 is 53.5 Å². The van der Waals surface area contributed by atoms with Gasteiger partial charge in [-0.05, 0) is 69.7 Å². The summed E-state index contributed by atoms with van der Waals surface area (Å²) in [5, 5.41) is 3.70. The van der Waals surface area contributed by atoms with Gasteiger partial charge in [-0.2, -0.15) is 0 Å². The van der Waals surface area contributed by atoms with Crippen LogP contribution in [-0.4, -0.2) is 18.2 Å². The zero-order valence-electron chi connectivity index (χ0n) is 11.2. The summed E-state index contributed by atoms with van der Waals surface area (Å²) in [4.78, 5) is 0. The van der Waals surface area contributed by atoms with E-state index in [1.54, 1.807) is 0 Å². The highest BCUT2D eigenvalue weighted by Crippen LogP contribution is 2.42. The molecule has 0 aromatic heterocycles. The lowest BCUT2D eigenvalue weighted by Crippen LogP contribution is -2.42. The molecule has 1 aliphatic carbocycles. The highest BCUT2D eigenvalue weighted by Gasteiger charge is 2.40. The van der Waals surface area contributed by atoms with Crippen LogP contribution in [-0.2, 0) is 4.74 Å². The van der Waals surface area contributed by atoms with Crippen LogP contribution in [0.15, 0.2) is 25.6 Å². The van der Waals surface area contributed by atoms with Gasteiger partial charge in [0, 0.05) is 26.1 Å². The van der Waals surface area contributed by atoms with Gasteiger partial charge in [0.05, 0.1) is 11.3 Å². The van der Waals surface area contributed by atoms with Crippen molar-refractivity contribution < 1.29 is 4.74 Å². The van der Waals surface area contributed by atoms with E-state index in [9.17, 15) is 0 Å². The Morgan fingerprint density at radius 1 is 1.10 bits per heavy atom. The van der Waals surface area contributed by atoms with Gasteiger partial charge in [0.15, 0.2) is 0 Å². The third-order valence-corrected chi connectivity index (χ3v) is 6.07. The van der Waals surface area contributed by atoms with Gasteiger partial charge >= 0.3 is 0 Å². The Balaban J connectivity index is 1.74. The molecule has 110 valence electrons. The highest BCUT2D eigenvalue weighted by molar-refractivity contribution is 9.11. The fourth-order valence-electron chi connectivity index (χ4n) is 3.40. The molecule has 1 spiro atoms. The van der Waals surface area contributed by atoms with Crippen molar-refractivity contribution in [2.24, 2.45) is 0 Å². The van der Waals surface area contributed by atoms with Gasteiger partial charge in [-0.15, -0.1) is 0 Å². The molecular weight excluding hydrogens is 450 g/mol. The van der Waals surface area contributed by atoms with Crippen molar-refractivity contribution in [3.63, 3.8) is 0 Å². The summed E-state index contributed by atoms with van der Waals surface area (Å²) in [5.41, 5.74) is 1.30. The molecule has 1 heterocycles. The third kappa shape index (κ3) is 3.26. The Kier molecular flexibility index (Phi) is 4.80. The first kappa shape index (κ1) is 15.3. The van der Waals surface area contributed by atoms with Crippen LogP contribution in [0.25, 0.3) is 0 Å². The summed E-state index contributed by atoms with van der Waals surface area (Å²) in [7, 11) is 0. The first-order chi connectivity index (χ1) is 9.58. The smallest absolute Gasteiger partial charge is 0.0702 e. The van der Waals surface area contributed by atoms with Gasteiger partial charge in [-0.25, -0.2) is 0 Å². The zero-order valence-corrected chi connectivity index (χ0v) is 16.0. The number of benzene rings is 1. The topological polar surface area (TPSA) is 21.3 Å². The minimum Gasteiger partial charge on any atom is -0.380 e. The third-order valence-electron chi connectivity index (χ3n) is 4.36. The molecular formula is C15H18Br3NO. The fraction of sp³-hybridized carbons (Fsp3) is 0.600. The van der Waals surface area contributed by atoms with Crippen LogP contribution < -0.4 is 5.32 Å². The van der Waals surface area contributed by atoms with E-state index >= 15 is 0 Å². The van der Waals surface area contributed by atoms with Crippen LogP contribution in [0.4, 0.5) is 5.69 Å². The fourth-order valence-corrected chi connectivity index (χ4v) is 5.89. The van der Waals surface area contributed by atoms with E-state index in [0.717, 1.165) is 38.6 Å². The Morgan fingerprint density at radius 3 is 2.40 bits per heavy atom. The maximum absolute atomic E-state index is 6.10. The van der Waals surface area contributed by atoms with Gasteiger partial charge in [-0.1, -0.05) is 28.8 Å². The number of hydrogen-bond acceptors (Lipinski definition) is 2. The van der Waals surface area contributed by atoms with E-state index in [1.165, 1.54) is 25.7 Å². The van der Waals surface area contributed by atoms with E-state index in [-0.39, 0.29) is 5.60 Å². The lowest BCUT2D eigenvalue weighted by molar-refractivity contribution is -0.0767. The molecule has 1 aromatic carbocycles. The Labute approximate surface area is 145 Å². The number of nitrogens with one attached hydrogen (secondary N) is 1. The molecule has 2 fully saturated rings. The molecule has 1 aromatic rings. The summed E-state index contributed by atoms with van der Waals surface area (Å²) < 4.78 is 9.35. The van der Waals surface area contributed by atoms with Crippen LogP contribution in [0.2, 0.25) is 0 Å². The summed E-state index contributed by atoms with van der Waals surface area (Å²) >= 11 is 10.8. The number of hydrogen-bond donors (Lipinski definition) is 1. The monoisotopic (exact) mass is 465 g/mol. The molecule has 1 aliphatic heterocycles. The van der Waals surface area contributed by atoms with Gasteiger partial charge in [0.1, 0.15) is 0 Å². The lowest BCUT2D eigenvalue weighted by Gasteiger charge is -2.39. The molecule has 5 heteroatoms. The van der Waals surface area contributed by atoms with E-state index in [2.05, 4.69) is 65.2 Å². The average Bonchev–Trinajstić information content (AvgIpc) is 2.82. The van der Waals surface area contributed by atoms with Crippen LogP contribution in [0, 0.1) is 0 Å². The van der Waals surface area contributed by atoms with E-state index in [0.29, 0.717) is 6.04 Å². The minimum absolute atomic E-state index is 0.157. The normalized spacial score (nSPS) is 25.1. The predicted octanol–water partition coefficient (Wildman–Crippen LogP) is 5.88. The highest BCUT2D eigenvalue weighted by atomic mass is 79.9. The zero-order chi connectivity index (χ0) is 14.2. The molecule has 0 radical (unpaired) electrons. The van der Waals surface area contributed by atoms with Crippen molar-refractivity contribution in [2.45, 2.75) is 50.2 Å². The minimum atomic E-state index is 0.157. The second-order valence-corrected chi connectivity index (χ2v) is 8.44. The van der Waals surface area contributed by atoms with Gasteiger partial charge in [0.2, 0.25) is 0 Å². The van der Waals surface area contributed by atoms with E-state index in [4.69, 9.17) is 4.74 Å². The molecule has 2 nitrogen and oxygen atoms in total. The van der Waals surface area contributed by atoms with Crippen molar-refractivity contribution in [1.82, 2.24) is 0 Å². The largest absolute Gasteiger partial charge is 0.380 e. The van der Waals surface area contributed by atoms with E-state index in [1.807, 2.05) is 0 Å². The molecule has 1 atom stereocenters. The van der Waals surface area contributed by atoms with Crippen LogP contribution in [0.5, 0.6) is 0 Å². The van der Waals surface area contributed by atoms with Gasteiger partial charge < -0.3 is 10.1 Å². The quantitative estimate of drug-likeness (QED) is 0.586. The standard InChI is InChI=1S/C15H18Br3NO/c16-10-7-12(17)14(13(18)8-10)19-11-3-6-20-15(9-11)4-1-2-5-15/h7-8,11,19H,1-6,9H2. The molecule has 1 saturated carbocycles. The molecule has 1 unspecified atom stereocenters. The summed E-state index contributed by atoms with van der Waals surface area (Å²) in [5.74, 6) is 0. The maximum Gasteiger partial charge on any atom is 0.0702 e. The van der Waals surface area contributed by atoms with Crippen LogP contribution in [0.3, 0.4) is 0 Å². The number of anilines is 1. The molecule has 20 heavy (non-hydrogen) atoms. The Morgan fingerprint density at radius 2 is 1.75 bits per heavy atom. The predicted molar refractivity (Wildman–Crippen MR) is 93.3 cm³/mol. The van der Waals surface area contributed by atoms with Crippen LogP contribution >= 0.6 is 47.8 Å². The summed E-state index contributed by atoms with van der Waals surface area (Å²) in [6.07, 6.45) is 7.30.